The van der Waals surface area contributed by atoms with Crippen molar-refractivity contribution in [3.05, 3.63) is 29.8 Å². The Hall–Kier alpha value is -1.79. The first-order valence-corrected chi connectivity index (χ1v) is 5.92. The topological polar surface area (TPSA) is 107 Å². The van der Waals surface area contributed by atoms with Gasteiger partial charge in [-0.05, 0) is 24.6 Å². The summed E-state index contributed by atoms with van der Waals surface area (Å²) in [6.45, 7) is 1.83. The molecule has 0 fully saturated rings. The number of ether oxygens (including phenoxy) is 1. The van der Waals surface area contributed by atoms with Crippen LogP contribution in [0.25, 0.3) is 0 Å². The number of rotatable bonds is 6. The first-order chi connectivity index (χ1) is 8.93. The van der Waals surface area contributed by atoms with Crippen LogP contribution in [-0.4, -0.2) is 25.0 Å². The maximum Gasteiger partial charge on any atom is 0.237 e. The molecule has 2 unspecified atom stereocenters. The minimum atomic E-state index is -0.918. The average Bonchev–Trinajstić information content (AvgIpc) is 2.37. The predicted molar refractivity (Wildman–Crippen MR) is 78.6 cm³/mol. The molecule has 0 aromatic heterocycles. The lowest BCUT2D eigenvalue weighted by molar-refractivity contribution is -0.126. The molecule has 1 rings (SSSR count). The molecule has 0 aliphatic rings. The van der Waals surface area contributed by atoms with E-state index in [0.29, 0.717) is 0 Å². The Morgan fingerprint density at radius 3 is 2.30 bits per heavy atom. The van der Waals surface area contributed by atoms with Gasteiger partial charge in [-0.3, -0.25) is 9.59 Å². The van der Waals surface area contributed by atoms with Gasteiger partial charge in [0, 0.05) is 0 Å². The standard InChI is InChI=1S/C13H19N3O3.ClH/c1-8(9-3-5-10(19-2)6-4-9)16-13(18)11(14)7-12(15)17;/h3-6,8,11H,7,14H2,1-2H3,(H2,15,17)(H,16,18);1H. The van der Waals surface area contributed by atoms with E-state index in [2.05, 4.69) is 5.32 Å². The molecule has 0 heterocycles. The van der Waals surface area contributed by atoms with Gasteiger partial charge in [-0.2, -0.15) is 0 Å². The Morgan fingerprint density at radius 1 is 1.30 bits per heavy atom. The molecular formula is C13H20ClN3O3. The second kappa shape index (κ2) is 8.39. The molecule has 0 aliphatic carbocycles. The van der Waals surface area contributed by atoms with Gasteiger partial charge in [0.2, 0.25) is 11.8 Å². The molecule has 2 atom stereocenters. The third-order valence-electron chi connectivity index (χ3n) is 2.73. The van der Waals surface area contributed by atoms with Gasteiger partial charge in [-0.1, -0.05) is 12.1 Å². The van der Waals surface area contributed by atoms with Gasteiger partial charge in [0.15, 0.2) is 0 Å². The summed E-state index contributed by atoms with van der Waals surface area (Å²) in [6.07, 6.45) is -0.166. The van der Waals surface area contributed by atoms with Crippen LogP contribution >= 0.6 is 12.4 Å². The summed E-state index contributed by atoms with van der Waals surface area (Å²) in [4.78, 5) is 22.4. The maximum absolute atomic E-state index is 11.7. The second-order valence-corrected chi connectivity index (χ2v) is 4.28. The summed E-state index contributed by atoms with van der Waals surface area (Å²) in [5.74, 6) is -0.255. The average molecular weight is 302 g/mol. The zero-order valence-corrected chi connectivity index (χ0v) is 12.3. The molecule has 6 nitrogen and oxygen atoms in total. The smallest absolute Gasteiger partial charge is 0.237 e. The van der Waals surface area contributed by atoms with Crippen molar-refractivity contribution < 1.29 is 14.3 Å². The van der Waals surface area contributed by atoms with Crippen LogP contribution in [0.4, 0.5) is 0 Å². The number of hydrogen-bond acceptors (Lipinski definition) is 4. The van der Waals surface area contributed by atoms with E-state index in [9.17, 15) is 9.59 Å². The van der Waals surface area contributed by atoms with Gasteiger partial charge < -0.3 is 21.5 Å². The first kappa shape index (κ1) is 18.2. The molecule has 112 valence electrons. The van der Waals surface area contributed by atoms with Crippen molar-refractivity contribution >= 4 is 24.2 Å². The Bertz CT molecular complexity index is 451. The van der Waals surface area contributed by atoms with Crippen LogP contribution in [0, 0.1) is 0 Å². The molecule has 0 spiro atoms. The molecule has 0 bridgehead atoms. The normalized spacial score (nSPS) is 12.8. The number of primary amides is 1. The number of hydrogen-bond donors (Lipinski definition) is 3. The number of nitrogens with two attached hydrogens (primary N) is 2. The van der Waals surface area contributed by atoms with Crippen molar-refractivity contribution in [3.8, 4) is 5.75 Å². The van der Waals surface area contributed by atoms with Crippen LogP contribution in [0.5, 0.6) is 5.75 Å². The van der Waals surface area contributed by atoms with Gasteiger partial charge in [0.1, 0.15) is 5.75 Å². The minimum absolute atomic E-state index is 0. The van der Waals surface area contributed by atoms with Crippen molar-refractivity contribution in [3.63, 3.8) is 0 Å². The van der Waals surface area contributed by atoms with Crippen molar-refractivity contribution in [2.24, 2.45) is 11.5 Å². The molecule has 1 aromatic rings. The van der Waals surface area contributed by atoms with E-state index < -0.39 is 17.9 Å². The molecule has 2 amide bonds. The van der Waals surface area contributed by atoms with E-state index in [0.717, 1.165) is 11.3 Å². The summed E-state index contributed by atoms with van der Waals surface area (Å²) in [5.41, 5.74) is 11.5. The molecule has 0 saturated heterocycles. The molecule has 5 N–H and O–H groups in total. The van der Waals surface area contributed by atoms with E-state index in [4.69, 9.17) is 16.2 Å². The van der Waals surface area contributed by atoms with Crippen LogP contribution in [0.3, 0.4) is 0 Å². The number of halogens is 1. The maximum atomic E-state index is 11.7. The van der Waals surface area contributed by atoms with Crippen molar-refractivity contribution in [2.45, 2.75) is 25.4 Å². The SMILES string of the molecule is COc1ccc(C(C)NC(=O)C(N)CC(N)=O)cc1.Cl. The van der Waals surface area contributed by atoms with Crippen LogP contribution in [-0.2, 0) is 9.59 Å². The number of nitrogens with one attached hydrogen (secondary N) is 1. The van der Waals surface area contributed by atoms with E-state index in [1.54, 1.807) is 19.2 Å². The quantitative estimate of drug-likeness (QED) is 0.711. The van der Waals surface area contributed by atoms with E-state index in [-0.39, 0.29) is 24.9 Å². The molecule has 1 aromatic carbocycles. The van der Waals surface area contributed by atoms with Crippen molar-refractivity contribution in [2.75, 3.05) is 7.11 Å². The monoisotopic (exact) mass is 301 g/mol. The zero-order chi connectivity index (χ0) is 14.4. The van der Waals surface area contributed by atoms with Gasteiger partial charge >= 0.3 is 0 Å². The summed E-state index contributed by atoms with van der Waals surface area (Å²) in [5, 5.41) is 2.73. The molecule has 0 radical (unpaired) electrons. The number of amides is 2. The largest absolute Gasteiger partial charge is 0.497 e. The summed E-state index contributed by atoms with van der Waals surface area (Å²) < 4.78 is 5.05. The highest BCUT2D eigenvalue weighted by atomic mass is 35.5. The minimum Gasteiger partial charge on any atom is -0.497 e. The van der Waals surface area contributed by atoms with Crippen LogP contribution in [0.1, 0.15) is 24.9 Å². The Labute approximate surface area is 124 Å². The predicted octanol–water partition coefficient (Wildman–Crippen LogP) is 0.497. The number of carbonyl (C=O) groups is 2. The van der Waals surface area contributed by atoms with E-state index in [1.165, 1.54) is 0 Å². The highest BCUT2D eigenvalue weighted by Crippen LogP contribution is 2.17. The Kier molecular flexibility index (Phi) is 7.64. The third-order valence-corrected chi connectivity index (χ3v) is 2.73. The van der Waals surface area contributed by atoms with E-state index in [1.807, 2.05) is 19.1 Å². The van der Waals surface area contributed by atoms with Crippen LogP contribution in [0.15, 0.2) is 24.3 Å². The van der Waals surface area contributed by atoms with Gasteiger partial charge in [0.05, 0.1) is 25.6 Å². The van der Waals surface area contributed by atoms with E-state index >= 15 is 0 Å². The molecule has 7 heteroatoms. The molecular weight excluding hydrogens is 282 g/mol. The summed E-state index contributed by atoms with van der Waals surface area (Å²) in [6, 6.07) is 6.19. The zero-order valence-electron chi connectivity index (χ0n) is 11.5. The lowest BCUT2D eigenvalue weighted by Gasteiger charge is -2.17. The lowest BCUT2D eigenvalue weighted by Crippen LogP contribution is -2.43. The third kappa shape index (κ3) is 5.46. The van der Waals surface area contributed by atoms with Crippen LogP contribution in [0.2, 0.25) is 0 Å². The molecule has 0 aliphatic heterocycles. The second-order valence-electron chi connectivity index (χ2n) is 4.28. The summed E-state index contributed by atoms with van der Waals surface area (Å²) >= 11 is 0. The van der Waals surface area contributed by atoms with Crippen molar-refractivity contribution in [1.29, 1.82) is 0 Å². The first-order valence-electron chi connectivity index (χ1n) is 5.92. The number of carbonyl (C=O) groups excluding carboxylic acids is 2. The van der Waals surface area contributed by atoms with Gasteiger partial charge in [-0.25, -0.2) is 0 Å². The van der Waals surface area contributed by atoms with Crippen molar-refractivity contribution in [1.82, 2.24) is 5.32 Å². The van der Waals surface area contributed by atoms with Gasteiger partial charge in [-0.15, -0.1) is 12.4 Å². The highest BCUT2D eigenvalue weighted by molar-refractivity contribution is 5.87. The molecule has 20 heavy (non-hydrogen) atoms. The Balaban J connectivity index is 0.00000361. The highest BCUT2D eigenvalue weighted by Gasteiger charge is 2.18. The van der Waals surface area contributed by atoms with Crippen LogP contribution < -0.4 is 21.5 Å². The fourth-order valence-electron chi connectivity index (χ4n) is 1.61. The summed E-state index contributed by atoms with van der Waals surface area (Å²) in [7, 11) is 1.59. The fourth-order valence-corrected chi connectivity index (χ4v) is 1.61. The lowest BCUT2D eigenvalue weighted by atomic mass is 10.1. The fraction of sp³-hybridized carbons (Fsp3) is 0.385. The molecule has 0 saturated carbocycles. The number of benzene rings is 1. The van der Waals surface area contributed by atoms with Gasteiger partial charge in [0.25, 0.3) is 0 Å². The number of methoxy groups -OCH3 is 1. The Morgan fingerprint density at radius 2 is 1.85 bits per heavy atom.